The van der Waals surface area contributed by atoms with Gasteiger partial charge in [0.2, 0.25) is 17.7 Å². The molecule has 1 fully saturated rings. The van der Waals surface area contributed by atoms with Crippen LogP contribution in [0.2, 0.25) is 5.02 Å². The molecule has 0 spiro atoms. The molecule has 2 aromatic heterocycles. The number of hydrogen-bond acceptors (Lipinski definition) is 8. The summed E-state index contributed by atoms with van der Waals surface area (Å²) in [6.45, 7) is -0.288. The van der Waals surface area contributed by atoms with E-state index in [4.69, 9.17) is 16.0 Å². The molecule has 1 saturated heterocycles. The average Bonchev–Trinajstić information content (AvgIpc) is 3.59. The molecule has 4 aromatic rings. The van der Waals surface area contributed by atoms with E-state index in [1.165, 1.54) is 23.0 Å². The lowest BCUT2D eigenvalue weighted by molar-refractivity contribution is -0.122. The Morgan fingerprint density at radius 3 is 2.45 bits per heavy atom. The second kappa shape index (κ2) is 9.50. The number of carbonyl (C=O) groups is 3. The Balaban J connectivity index is 1.38. The van der Waals surface area contributed by atoms with Crippen LogP contribution in [-0.2, 0) is 20.9 Å². The lowest BCUT2D eigenvalue weighted by Crippen LogP contribution is -2.32. The molecule has 0 aliphatic carbocycles. The number of imide groups is 1. The van der Waals surface area contributed by atoms with E-state index in [1.807, 2.05) is 0 Å². The summed E-state index contributed by atoms with van der Waals surface area (Å²) in [5.41, 5.74) is 0.868. The van der Waals surface area contributed by atoms with Crippen LogP contribution in [0.5, 0.6) is 5.75 Å². The standard InChI is InChI=1S/C26H18ClN3O6S2/c27-13-3-7-15(8-4-13)30-23(33)20-19(17-2-1-11-36-17)22-25(37-21(20)24(30)34)29(26(35)38-22)12-18(32)28-14-5-9-16(31)10-6-14/h1-11,19-21,31H,12H2,(H,28,32)/t19-,20?,21?/m1/s1. The van der Waals surface area contributed by atoms with Gasteiger partial charge in [0.05, 0.1) is 33.7 Å². The number of halogens is 1. The van der Waals surface area contributed by atoms with Gasteiger partial charge in [-0.2, -0.15) is 0 Å². The van der Waals surface area contributed by atoms with Crippen molar-refractivity contribution in [1.29, 1.82) is 0 Å². The van der Waals surface area contributed by atoms with E-state index in [-0.39, 0.29) is 23.1 Å². The molecule has 38 heavy (non-hydrogen) atoms. The summed E-state index contributed by atoms with van der Waals surface area (Å²) in [7, 11) is 0. The molecule has 2 aromatic carbocycles. The average molecular weight is 568 g/mol. The summed E-state index contributed by atoms with van der Waals surface area (Å²) in [5.74, 6) is -2.19. The highest BCUT2D eigenvalue weighted by Gasteiger charge is 2.57. The topological polar surface area (TPSA) is 122 Å². The normalized spacial score (nSPS) is 20.3. The summed E-state index contributed by atoms with van der Waals surface area (Å²) >= 11 is 8.06. The second-order valence-corrected chi connectivity index (χ2v) is 11.3. The maximum Gasteiger partial charge on any atom is 0.308 e. The Kier molecular flexibility index (Phi) is 6.13. The van der Waals surface area contributed by atoms with Gasteiger partial charge in [0.25, 0.3) is 0 Å². The van der Waals surface area contributed by atoms with Crippen molar-refractivity contribution in [2.45, 2.75) is 22.7 Å². The third-order valence-electron chi connectivity index (χ3n) is 6.44. The highest BCUT2D eigenvalue weighted by Crippen LogP contribution is 2.53. The summed E-state index contributed by atoms with van der Waals surface area (Å²) in [5, 5.41) is 12.3. The van der Waals surface area contributed by atoms with E-state index in [0.29, 0.717) is 32.1 Å². The van der Waals surface area contributed by atoms with Gasteiger partial charge in [0.15, 0.2) is 0 Å². The van der Waals surface area contributed by atoms with E-state index in [1.54, 1.807) is 48.5 Å². The van der Waals surface area contributed by atoms with Gasteiger partial charge in [-0.05, 0) is 60.7 Å². The number of phenolic OH excluding ortho intramolecular Hbond substituents is 1. The number of nitrogens with one attached hydrogen (secondary N) is 1. The van der Waals surface area contributed by atoms with E-state index >= 15 is 0 Å². The maximum absolute atomic E-state index is 13.7. The Bertz CT molecular complexity index is 1610. The first-order valence-corrected chi connectivity index (χ1v) is 13.5. The molecule has 2 N–H and O–H groups in total. The molecular formula is C26H18ClN3O6S2. The third-order valence-corrected chi connectivity index (χ3v) is 9.29. The van der Waals surface area contributed by atoms with Gasteiger partial charge in [-0.25, -0.2) is 4.90 Å². The molecule has 3 atom stereocenters. The number of furan rings is 1. The summed E-state index contributed by atoms with van der Waals surface area (Å²) in [6.07, 6.45) is 1.48. The predicted octanol–water partition coefficient (Wildman–Crippen LogP) is 4.30. The Labute approximate surface area is 228 Å². The first-order chi connectivity index (χ1) is 18.3. The fourth-order valence-corrected chi connectivity index (χ4v) is 7.64. The van der Waals surface area contributed by atoms with Crippen molar-refractivity contribution in [2.75, 3.05) is 10.2 Å². The molecule has 2 aliphatic rings. The van der Waals surface area contributed by atoms with Gasteiger partial charge in [0, 0.05) is 10.7 Å². The smallest absolute Gasteiger partial charge is 0.308 e. The molecular weight excluding hydrogens is 550 g/mol. The maximum atomic E-state index is 13.7. The van der Waals surface area contributed by atoms with Gasteiger partial charge in [-0.15, -0.1) is 0 Å². The molecule has 0 radical (unpaired) electrons. The quantitative estimate of drug-likeness (QED) is 0.272. The van der Waals surface area contributed by atoms with Gasteiger partial charge < -0.3 is 14.8 Å². The third kappa shape index (κ3) is 4.12. The number of aromatic hydroxyl groups is 1. The number of nitrogens with zero attached hydrogens (tertiary/aromatic N) is 2. The van der Waals surface area contributed by atoms with Crippen LogP contribution in [0.4, 0.5) is 11.4 Å². The van der Waals surface area contributed by atoms with Crippen molar-refractivity contribution >= 4 is 63.8 Å². The molecule has 2 aliphatic heterocycles. The van der Waals surface area contributed by atoms with Crippen LogP contribution in [0.3, 0.4) is 0 Å². The van der Waals surface area contributed by atoms with Gasteiger partial charge in [-0.3, -0.25) is 23.7 Å². The first kappa shape index (κ1) is 24.5. The van der Waals surface area contributed by atoms with Crippen LogP contribution in [0.1, 0.15) is 16.6 Å². The number of amides is 3. The molecule has 3 amide bonds. The minimum absolute atomic E-state index is 0.0597. The van der Waals surface area contributed by atoms with Gasteiger partial charge in [-0.1, -0.05) is 34.7 Å². The van der Waals surface area contributed by atoms with Crippen molar-refractivity contribution in [3.05, 3.63) is 92.3 Å². The Morgan fingerprint density at radius 1 is 1.03 bits per heavy atom. The number of fused-ring (bicyclic) bond motifs is 2. The molecule has 0 bridgehead atoms. The fraction of sp³-hybridized carbons (Fsp3) is 0.154. The highest BCUT2D eigenvalue weighted by molar-refractivity contribution is 8.00. The molecule has 4 heterocycles. The van der Waals surface area contributed by atoms with E-state index in [0.717, 1.165) is 28.0 Å². The molecule has 0 saturated carbocycles. The number of phenols is 1. The Morgan fingerprint density at radius 2 is 1.76 bits per heavy atom. The largest absolute Gasteiger partial charge is 0.508 e. The molecule has 6 rings (SSSR count). The number of aromatic nitrogens is 1. The minimum Gasteiger partial charge on any atom is -0.508 e. The van der Waals surface area contributed by atoms with Crippen LogP contribution >= 0.6 is 34.7 Å². The van der Waals surface area contributed by atoms with Gasteiger partial charge >= 0.3 is 4.87 Å². The van der Waals surface area contributed by atoms with E-state index in [2.05, 4.69) is 5.32 Å². The lowest BCUT2D eigenvalue weighted by Gasteiger charge is -2.29. The number of carbonyl (C=O) groups excluding carboxylic acids is 3. The van der Waals surface area contributed by atoms with Crippen LogP contribution < -0.4 is 15.1 Å². The summed E-state index contributed by atoms with van der Waals surface area (Å²) in [4.78, 5) is 54.6. The zero-order valence-corrected chi connectivity index (χ0v) is 21.8. The van der Waals surface area contributed by atoms with Crippen LogP contribution in [-0.4, -0.2) is 32.6 Å². The van der Waals surface area contributed by atoms with Crippen molar-refractivity contribution in [2.24, 2.45) is 5.92 Å². The monoisotopic (exact) mass is 567 g/mol. The van der Waals surface area contributed by atoms with Crippen LogP contribution in [0.25, 0.3) is 0 Å². The first-order valence-electron chi connectivity index (χ1n) is 11.5. The minimum atomic E-state index is -0.818. The fourth-order valence-electron chi connectivity index (χ4n) is 4.76. The Hall–Kier alpha value is -3.80. The summed E-state index contributed by atoms with van der Waals surface area (Å²) in [6, 6.07) is 15.8. The second-order valence-electron chi connectivity index (χ2n) is 8.76. The number of rotatable bonds is 5. The predicted molar refractivity (Wildman–Crippen MR) is 143 cm³/mol. The van der Waals surface area contributed by atoms with Crippen molar-refractivity contribution in [3.63, 3.8) is 0 Å². The number of anilines is 2. The van der Waals surface area contributed by atoms with Gasteiger partial charge in [0.1, 0.15) is 23.3 Å². The van der Waals surface area contributed by atoms with Crippen molar-refractivity contribution < 1.29 is 23.9 Å². The molecule has 12 heteroatoms. The highest BCUT2D eigenvalue weighted by atomic mass is 35.5. The number of thioether (sulfide) groups is 1. The van der Waals surface area contributed by atoms with Crippen LogP contribution in [0, 0.1) is 5.92 Å². The van der Waals surface area contributed by atoms with Crippen molar-refractivity contribution in [3.8, 4) is 5.75 Å². The molecule has 9 nitrogen and oxygen atoms in total. The molecule has 2 unspecified atom stereocenters. The number of benzene rings is 2. The van der Waals surface area contributed by atoms with E-state index < -0.39 is 28.9 Å². The zero-order valence-electron chi connectivity index (χ0n) is 19.4. The van der Waals surface area contributed by atoms with E-state index in [9.17, 15) is 24.3 Å². The zero-order chi connectivity index (χ0) is 26.6. The SMILES string of the molecule is O=C(Cn1c2c(sc1=O)[C@H](c1ccco1)C1C(=O)N(c3ccc(Cl)cc3)C(=O)C1S2)Nc1ccc(O)cc1. The van der Waals surface area contributed by atoms with Crippen LogP contribution in [0.15, 0.2) is 81.2 Å². The van der Waals surface area contributed by atoms with Crippen molar-refractivity contribution in [1.82, 2.24) is 4.57 Å². The number of thiazole rings is 1. The lowest BCUT2D eigenvalue weighted by atomic mass is 9.87. The molecule has 192 valence electrons. The summed E-state index contributed by atoms with van der Waals surface area (Å²) < 4.78 is 7.01. The number of hydrogen-bond donors (Lipinski definition) is 2.